The standard InChI is InChI=1S/C28H36N2O4/c1-5-17-16-30-9-7-19-13-27(33-3)28(34-4)15-22(19)24(30)11-20(17)10-23-21-14-26(32-2)25(31)12-18(21)6-8-29-23/h12-15,17,20,24,31H,5-11,16H2,1-4H3/t17-,20+,24-/m1/s1. The van der Waals surface area contributed by atoms with Gasteiger partial charge in [0.2, 0.25) is 0 Å². The highest BCUT2D eigenvalue weighted by atomic mass is 16.5. The molecule has 0 aliphatic carbocycles. The molecule has 1 saturated heterocycles. The van der Waals surface area contributed by atoms with Crippen LogP contribution in [0, 0.1) is 11.8 Å². The number of ether oxygens (including phenoxy) is 3. The molecular formula is C28H36N2O4. The largest absolute Gasteiger partial charge is 0.504 e. The topological polar surface area (TPSA) is 63.5 Å². The van der Waals surface area contributed by atoms with Crippen LogP contribution >= 0.6 is 0 Å². The number of piperidine rings is 1. The molecule has 3 atom stereocenters. The van der Waals surface area contributed by atoms with E-state index in [1.807, 2.05) is 12.1 Å². The van der Waals surface area contributed by atoms with E-state index >= 15 is 0 Å². The van der Waals surface area contributed by atoms with Gasteiger partial charge in [0.05, 0.1) is 21.3 Å². The van der Waals surface area contributed by atoms with E-state index in [2.05, 4.69) is 24.0 Å². The van der Waals surface area contributed by atoms with Crippen LogP contribution in [0.5, 0.6) is 23.0 Å². The van der Waals surface area contributed by atoms with Crippen LogP contribution in [0.4, 0.5) is 0 Å². The van der Waals surface area contributed by atoms with Gasteiger partial charge in [-0.05, 0) is 78.5 Å². The van der Waals surface area contributed by atoms with Crippen LogP contribution in [-0.4, -0.2) is 56.7 Å². The maximum Gasteiger partial charge on any atom is 0.161 e. The van der Waals surface area contributed by atoms with Crippen molar-refractivity contribution in [3.8, 4) is 23.0 Å². The van der Waals surface area contributed by atoms with Gasteiger partial charge >= 0.3 is 0 Å². The summed E-state index contributed by atoms with van der Waals surface area (Å²) in [5.41, 5.74) is 6.26. The first kappa shape index (κ1) is 23.0. The quantitative estimate of drug-likeness (QED) is 0.665. The highest BCUT2D eigenvalue weighted by Crippen LogP contribution is 2.46. The second kappa shape index (κ2) is 9.49. The van der Waals surface area contributed by atoms with E-state index in [9.17, 15) is 5.11 Å². The van der Waals surface area contributed by atoms with Gasteiger partial charge < -0.3 is 19.3 Å². The van der Waals surface area contributed by atoms with E-state index in [1.54, 1.807) is 21.3 Å². The van der Waals surface area contributed by atoms with Crippen molar-refractivity contribution in [1.29, 1.82) is 0 Å². The van der Waals surface area contributed by atoms with Crippen molar-refractivity contribution < 1.29 is 19.3 Å². The summed E-state index contributed by atoms with van der Waals surface area (Å²) in [6.07, 6.45) is 5.17. The summed E-state index contributed by atoms with van der Waals surface area (Å²) in [5, 5.41) is 10.3. The number of phenols is 1. The van der Waals surface area contributed by atoms with Crippen LogP contribution in [0.25, 0.3) is 0 Å². The molecule has 1 N–H and O–H groups in total. The van der Waals surface area contributed by atoms with Crippen molar-refractivity contribution in [3.63, 3.8) is 0 Å². The lowest BCUT2D eigenvalue weighted by molar-refractivity contribution is 0.0546. The van der Waals surface area contributed by atoms with E-state index in [-0.39, 0.29) is 5.75 Å². The number of fused-ring (bicyclic) bond motifs is 4. The zero-order valence-electron chi connectivity index (χ0n) is 20.8. The molecule has 0 bridgehead atoms. The number of aromatic hydroxyl groups is 1. The van der Waals surface area contributed by atoms with Crippen molar-refractivity contribution in [2.45, 2.75) is 45.1 Å². The summed E-state index contributed by atoms with van der Waals surface area (Å²) < 4.78 is 16.6. The fourth-order valence-electron chi connectivity index (χ4n) is 6.29. The molecule has 0 spiro atoms. The molecule has 5 rings (SSSR count). The molecule has 0 aromatic heterocycles. The van der Waals surface area contributed by atoms with Gasteiger partial charge in [0.15, 0.2) is 23.0 Å². The zero-order valence-corrected chi connectivity index (χ0v) is 20.8. The van der Waals surface area contributed by atoms with E-state index in [4.69, 9.17) is 19.2 Å². The van der Waals surface area contributed by atoms with Crippen LogP contribution in [0.3, 0.4) is 0 Å². The molecular weight excluding hydrogens is 428 g/mol. The van der Waals surface area contributed by atoms with Gasteiger partial charge in [0, 0.05) is 37.0 Å². The Bertz CT molecular complexity index is 1100. The van der Waals surface area contributed by atoms with Gasteiger partial charge in [-0.15, -0.1) is 0 Å². The molecule has 0 amide bonds. The maximum atomic E-state index is 10.3. The van der Waals surface area contributed by atoms with Crippen molar-refractivity contribution in [2.75, 3.05) is 41.0 Å². The molecule has 2 aromatic rings. The molecule has 1 fully saturated rings. The number of aliphatic imine (C=N–C) groups is 1. The predicted octanol–water partition coefficient (Wildman–Crippen LogP) is 4.80. The lowest BCUT2D eigenvalue weighted by Gasteiger charge is -2.47. The summed E-state index contributed by atoms with van der Waals surface area (Å²) in [4.78, 5) is 7.64. The minimum absolute atomic E-state index is 0.213. The smallest absolute Gasteiger partial charge is 0.161 e. The van der Waals surface area contributed by atoms with Crippen LogP contribution in [0.2, 0.25) is 0 Å². The summed E-state index contributed by atoms with van der Waals surface area (Å²) in [6.45, 7) is 5.32. The molecule has 2 aromatic carbocycles. The third-order valence-corrected chi connectivity index (χ3v) is 8.15. The van der Waals surface area contributed by atoms with Crippen molar-refractivity contribution in [2.24, 2.45) is 16.8 Å². The highest BCUT2D eigenvalue weighted by molar-refractivity contribution is 6.03. The van der Waals surface area contributed by atoms with Gasteiger partial charge in [0.25, 0.3) is 0 Å². The van der Waals surface area contributed by atoms with E-state index in [1.165, 1.54) is 28.8 Å². The molecule has 3 aliphatic heterocycles. The number of rotatable bonds is 6. The monoisotopic (exact) mass is 464 g/mol. The van der Waals surface area contributed by atoms with Gasteiger partial charge in [0.1, 0.15) is 0 Å². The first-order valence-corrected chi connectivity index (χ1v) is 12.5. The predicted molar refractivity (Wildman–Crippen MR) is 134 cm³/mol. The molecule has 6 nitrogen and oxygen atoms in total. The number of nitrogens with zero attached hydrogens (tertiary/aromatic N) is 2. The van der Waals surface area contributed by atoms with Crippen LogP contribution in [-0.2, 0) is 12.8 Å². The lowest BCUT2D eigenvalue weighted by atomic mass is 9.73. The number of hydrogen-bond acceptors (Lipinski definition) is 6. The Balaban J connectivity index is 1.45. The maximum absolute atomic E-state index is 10.3. The molecule has 0 unspecified atom stereocenters. The minimum Gasteiger partial charge on any atom is -0.504 e. The Morgan fingerprint density at radius 2 is 1.71 bits per heavy atom. The first-order chi connectivity index (χ1) is 16.6. The van der Waals surface area contributed by atoms with E-state index in [0.717, 1.165) is 62.4 Å². The fraction of sp³-hybridized carbons (Fsp3) is 0.536. The van der Waals surface area contributed by atoms with Crippen LogP contribution in [0.1, 0.15) is 54.5 Å². The number of phenolic OH excluding ortho intramolecular Hbond substituents is 1. The van der Waals surface area contributed by atoms with Crippen LogP contribution in [0.15, 0.2) is 29.3 Å². The normalized spacial score (nSPS) is 23.9. The molecule has 182 valence electrons. The fourth-order valence-corrected chi connectivity index (χ4v) is 6.29. The number of benzene rings is 2. The van der Waals surface area contributed by atoms with E-state index in [0.29, 0.717) is 23.6 Å². The molecule has 0 radical (unpaired) electrons. The Kier molecular flexibility index (Phi) is 6.43. The second-order valence-electron chi connectivity index (χ2n) is 9.79. The third-order valence-electron chi connectivity index (χ3n) is 8.15. The van der Waals surface area contributed by atoms with Crippen molar-refractivity contribution in [1.82, 2.24) is 4.90 Å². The Morgan fingerprint density at radius 3 is 2.44 bits per heavy atom. The van der Waals surface area contributed by atoms with Crippen LogP contribution < -0.4 is 14.2 Å². The Hall–Kier alpha value is -2.73. The highest BCUT2D eigenvalue weighted by Gasteiger charge is 2.39. The second-order valence-corrected chi connectivity index (χ2v) is 9.79. The van der Waals surface area contributed by atoms with Gasteiger partial charge in [-0.1, -0.05) is 13.3 Å². The number of methoxy groups -OCH3 is 3. The zero-order chi connectivity index (χ0) is 23.8. The van der Waals surface area contributed by atoms with Crippen molar-refractivity contribution in [3.05, 3.63) is 46.5 Å². The Labute approximate surface area is 202 Å². The minimum atomic E-state index is 0.213. The molecule has 3 aliphatic rings. The van der Waals surface area contributed by atoms with Gasteiger partial charge in [-0.2, -0.15) is 0 Å². The molecule has 3 heterocycles. The first-order valence-electron chi connectivity index (χ1n) is 12.5. The Morgan fingerprint density at radius 1 is 0.941 bits per heavy atom. The average molecular weight is 465 g/mol. The summed E-state index contributed by atoms with van der Waals surface area (Å²) in [5.74, 6) is 3.57. The van der Waals surface area contributed by atoms with Gasteiger partial charge in [-0.25, -0.2) is 0 Å². The average Bonchev–Trinajstić information content (AvgIpc) is 2.87. The SMILES string of the molecule is CC[C@@H]1CN2CCc3cc(OC)c(OC)cc3[C@H]2C[C@@H]1CC1=NCCc2cc(O)c(OC)cc21. The summed E-state index contributed by atoms with van der Waals surface area (Å²) >= 11 is 0. The van der Waals surface area contributed by atoms with Gasteiger partial charge in [-0.3, -0.25) is 9.89 Å². The molecule has 34 heavy (non-hydrogen) atoms. The molecule has 6 heteroatoms. The third kappa shape index (κ3) is 4.02. The van der Waals surface area contributed by atoms with E-state index < -0.39 is 0 Å². The summed E-state index contributed by atoms with van der Waals surface area (Å²) in [6, 6.07) is 8.61. The lowest BCUT2D eigenvalue weighted by Crippen LogP contribution is -2.46. The number of hydrogen-bond donors (Lipinski definition) is 1. The molecule has 0 saturated carbocycles. The summed E-state index contributed by atoms with van der Waals surface area (Å²) in [7, 11) is 5.03. The van der Waals surface area contributed by atoms with Crippen molar-refractivity contribution >= 4 is 5.71 Å².